The van der Waals surface area contributed by atoms with Gasteiger partial charge in [0, 0.05) is 23.1 Å². The van der Waals surface area contributed by atoms with Crippen LogP contribution >= 0.6 is 0 Å². The van der Waals surface area contributed by atoms with Crippen molar-refractivity contribution in [2.24, 2.45) is 0 Å². The van der Waals surface area contributed by atoms with Crippen LogP contribution in [0.3, 0.4) is 0 Å². The molecule has 0 aliphatic heterocycles. The second-order valence-electron chi connectivity index (χ2n) is 7.33. The van der Waals surface area contributed by atoms with Crippen LogP contribution in [0.5, 0.6) is 0 Å². The minimum atomic E-state index is -1.11. The Hall–Kier alpha value is -3.84. The summed E-state index contributed by atoms with van der Waals surface area (Å²) >= 11 is 0. The third kappa shape index (κ3) is 4.59. The lowest BCUT2D eigenvalue weighted by Crippen LogP contribution is -2.30. The van der Waals surface area contributed by atoms with Crippen LogP contribution in [0.1, 0.15) is 48.3 Å². The highest BCUT2D eigenvalue weighted by Gasteiger charge is 2.27. The Balaban J connectivity index is 1.69. The molecule has 1 aromatic carbocycles. The van der Waals surface area contributed by atoms with Crippen molar-refractivity contribution < 1.29 is 14.3 Å². The minimum Gasteiger partial charge on any atom is -0.448 e. The number of carbonyl (C=O) groups is 2. The van der Waals surface area contributed by atoms with Gasteiger partial charge in [0.2, 0.25) is 0 Å². The van der Waals surface area contributed by atoms with Crippen molar-refractivity contribution >= 4 is 23.6 Å². The quantitative estimate of drug-likeness (QED) is 0.449. The van der Waals surface area contributed by atoms with Crippen LogP contribution in [-0.2, 0) is 14.3 Å². The number of benzene rings is 1. The van der Waals surface area contributed by atoms with Crippen LogP contribution < -0.4 is 5.32 Å². The Morgan fingerprint density at radius 3 is 2.63 bits per heavy atom. The van der Waals surface area contributed by atoms with Gasteiger partial charge in [-0.3, -0.25) is 4.79 Å². The molecule has 1 aliphatic carbocycles. The molecule has 1 fully saturated rings. The molecule has 0 saturated heterocycles. The van der Waals surface area contributed by atoms with E-state index in [1.807, 2.05) is 32.1 Å². The molecule has 152 valence electrons. The molecule has 1 aromatic heterocycles. The highest BCUT2D eigenvalue weighted by Crippen LogP contribution is 2.38. The Kier molecular flexibility index (Phi) is 6.03. The fourth-order valence-electron chi connectivity index (χ4n) is 3.32. The van der Waals surface area contributed by atoms with Crippen LogP contribution in [0.4, 0.5) is 5.69 Å². The summed E-state index contributed by atoms with van der Waals surface area (Å²) < 4.78 is 7.41. The van der Waals surface area contributed by atoms with Crippen LogP contribution in [0.25, 0.3) is 6.08 Å². The largest absolute Gasteiger partial charge is 0.448 e. The predicted molar refractivity (Wildman–Crippen MR) is 111 cm³/mol. The average Bonchev–Trinajstić information content (AvgIpc) is 3.51. The lowest BCUT2D eigenvalue weighted by atomic mass is 10.1. The van der Waals surface area contributed by atoms with E-state index in [1.165, 1.54) is 19.1 Å². The van der Waals surface area contributed by atoms with E-state index >= 15 is 0 Å². The van der Waals surface area contributed by atoms with Gasteiger partial charge in [-0.25, -0.2) is 4.79 Å². The van der Waals surface area contributed by atoms with Gasteiger partial charge in [-0.1, -0.05) is 6.07 Å². The number of aromatic nitrogens is 1. The SMILES string of the molecule is Cc1cc(/C=C(\C#N)C(=O)O[C@H](C)C(=O)Nc2cccc(C#N)c2)c(C)n1C1CC1. The summed E-state index contributed by atoms with van der Waals surface area (Å²) in [7, 11) is 0. The molecule has 0 radical (unpaired) electrons. The zero-order chi connectivity index (χ0) is 21.8. The number of esters is 1. The fourth-order valence-corrected chi connectivity index (χ4v) is 3.32. The van der Waals surface area contributed by atoms with E-state index in [9.17, 15) is 14.9 Å². The summed E-state index contributed by atoms with van der Waals surface area (Å²) in [6.07, 6.45) is 2.66. The molecule has 0 unspecified atom stereocenters. The summed E-state index contributed by atoms with van der Waals surface area (Å²) in [6.45, 7) is 5.39. The first kappa shape index (κ1) is 20.9. The van der Waals surface area contributed by atoms with Gasteiger partial charge in [0.1, 0.15) is 11.6 Å². The first-order valence-electron chi connectivity index (χ1n) is 9.66. The predicted octanol–water partition coefficient (Wildman–Crippen LogP) is 3.79. The molecule has 1 heterocycles. The van der Waals surface area contributed by atoms with E-state index in [1.54, 1.807) is 18.2 Å². The van der Waals surface area contributed by atoms with E-state index in [0.717, 1.165) is 29.8 Å². The number of nitrogens with one attached hydrogen (secondary N) is 1. The van der Waals surface area contributed by atoms with Crippen molar-refractivity contribution in [1.82, 2.24) is 4.57 Å². The normalized spacial score (nSPS) is 14.4. The first-order chi connectivity index (χ1) is 14.3. The number of hydrogen-bond donors (Lipinski definition) is 1. The maximum absolute atomic E-state index is 12.5. The summed E-state index contributed by atoms with van der Waals surface area (Å²) in [6, 6.07) is 12.7. The lowest BCUT2D eigenvalue weighted by molar-refractivity contribution is -0.148. The molecule has 1 atom stereocenters. The Morgan fingerprint density at radius 1 is 1.27 bits per heavy atom. The molecule has 1 N–H and O–H groups in total. The van der Waals surface area contributed by atoms with Gasteiger partial charge < -0.3 is 14.6 Å². The fraction of sp³-hybridized carbons (Fsp3) is 0.304. The van der Waals surface area contributed by atoms with Crippen molar-refractivity contribution in [2.75, 3.05) is 5.32 Å². The van der Waals surface area contributed by atoms with Gasteiger partial charge >= 0.3 is 5.97 Å². The van der Waals surface area contributed by atoms with E-state index in [2.05, 4.69) is 9.88 Å². The van der Waals surface area contributed by atoms with Crippen LogP contribution in [0, 0.1) is 36.5 Å². The van der Waals surface area contributed by atoms with E-state index < -0.39 is 18.0 Å². The van der Waals surface area contributed by atoms with Crippen molar-refractivity contribution in [2.45, 2.75) is 45.8 Å². The molecule has 0 spiro atoms. The maximum atomic E-state index is 12.5. The number of anilines is 1. The smallest absolute Gasteiger partial charge is 0.349 e. The number of hydrogen-bond acceptors (Lipinski definition) is 5. The standard InChI is InChI=1S/C23H22N4O3/c1-14-9-18(15(2)27(14)21-7-8-21)11-19(13-25)23(29)30-16(3)22(28)26-20-6-4-5-17(10-20)12-24/h4-6,9-11,16,21H,7-8H2,1-3H3,(H,26,28)/b19-11+/t16-/m1/s1. The number of carbonyl (C=O) groups excluding carboxylic acids is 2. The van der Waals surface area contributed by atoms with E-state index in [-0.39, 0.29) is 5.57 Å². The number of rotatable bonds is 6. The van der Waals surface area contributed by atoms with Gasteiger partial charge in [-0.05, 0) is 69.5 Å². The topological polar surface area (TPSA) is 108 Å². The molecule has 7 heteroatoms. The van der Waals surface area contributed by atoms with Crippen LogP contribution in [0.15, 0.2) is 35.9 Å². The van der Waals surface area contributed by atoms with Crippen molar-refractivity contribution in [3.8, 4) is 12.1 Å². The van der Waals surface area contributed by atoms with Gasteiger partial charge in [0.05, 0.1) is 11.6 Å². The number of nitriles is 2. The second-order valence-corrected chi connectivity index (χ2v) is 7.33. The monoisotopic (exact) mass is 402 g/mol. The zero-order valence-electron chi connectivity index (χ0n) is 17.1. The molecule has 30 heavy (non-hydrogen) atoms. The highest BCUT2D eigenvalue weighted by molar-refractivity contribution is 6.01. The molecular weight excluding hydrogens is 380 g/mol. The maximum Gasteiger partial charge on any atom is 0.349 e. The minimum absolute atomic E-state index is 0.169. The Morgan fingerprint density at radius 2 is 2.00 bits per heavy atom. The molecule has 1 amide bonds. The van der Waals surface area contributed by atoms with E-state index in [0.29, 0.717) is 17.3 Å². The summed E-state index contributed by atoms with van der Waals surface area (Å²) in [5.41, 5.74) is 3.52. The zero-order valence-corrected chi connectivity index (χ0v) is 17.1. The van der Waals surface area contributed by atoms with Crippen LogP contribution in [-0.4, -0.2) is 22.5 Å². The summed E-state index contributed by atoms with van der Waals surface area (Å²) in [5.74, 6) is -1.41. The van der Waals surface area contributed by atoms with Gasteiger partial charge in [0.25, 0.3) is 5.91 Å². The number of aryl methyl sites for hydroxylation is 1. The lowest BCUT2D eigenvalue weighted by Gasteiger charge is -2.13. The molecule has 1 aliphatic rings. The van der Waals surface area contributed by atoms with Crippen LogP contribution in [0.2, 0.25) is 0 Å². The summed E-state index contributed by atoms with van der Waals surface area (Å²) in [4.78, 5) is 24.8. The molecular formula is C23H22N4O3. The number of ether oxygens (including phenoxy) is 1. The molecule has 0 bridgehead atoms. The summed E-state index contributed by atoms with van der Waals surface area (Å²) in [5, 5.41) is 21.0. The number of nitrogens with zero attached hydrogens (tertiary/aromatic N) is 3. The second kappa shape index (κ2) is 8.67. The van der Waals surface area contributed by atoms with Crippen molar-refractivity contribution in [3.05, 3.63) is 58.4 Å². The van der Waals surface area contributed by atoms with Gasteiger partial charge in [-0.15, -0.1) is 0 Å². The van der Waals surface area contributed by atoms with Gasteiger partial charge in [-0.2, -0.15) is 10.5 Å². The third-order valence-electron chi connectivity index (χ3n) is 4.99. The average molecular weight is 402 g/mol. The Bertz CT molecular complexity index is 1110. The van der Waals surface area contributed by atoms with Gasteiger partial charge in [0.15, 0.2) is 6.10 Å². The number of amides is 1. The first-order valence-corrected chi connectivity index (χ1v) is 9.66. The third-order valence-corrected chi connectivity index (χ3v) is 4.99. The molecule has 2 aromatic rings. The van der Waals surface area contributed by atoms with Crippen molar-refractivity contribution in [1.29, 1.82) is 10.5 Å². The molecule has 7 nitrogen and oxygen atoms in total. The highest BCUT2D eigenvalue weighted by atomic mass is 16.5. The van der Waals surface area contributed by atoms with Crippen molar-refractivity contribution in [3.63, 3.8) is 0 Å². The molecule has 3 rings (SSSR count). The Labute approximate surface area is 175 Å². The molecule has 1 saturated carbocycles. The van der Waals surface area contributed by atoms with E-state index in [4.69, 9.17) is 10.00 Å².